The molecule has 100 valence electrons. The summed E-state index contributed by atoms with van der Waals surface area (Å²) in [7, 11) is 0. The first kappa shape index (κ1) is 13.4. The van der Waals surface area contributed by atoms with Crippen LogP contribution in [-0.2, 0) is 4.74 Å². The second-order valence-electron chi connectivity index (χ2n) is 4.71. The molecule has 0 aliphatic carbocycles. The zero-order valence-corrected chi connectivity index (χ0v) is 10.9. The van der Waals surface area contributed by atoms with Gasteiger partial charge in [-0.2, -0.15) is 0 Å². The number of hydrogen-bond acceptors (Lipinski definition) is 3. The number of ether oxygens (including phenoxy) is 2. The van der Waals surface area contributed by atoms with Gasteiger partial charge in [0.05, 0.1) is 6.61 Å². The number of piperidine rings is 1. The lowest BCUT2D eigenvalue weighted by Crippen LogP contribution is -2.34. The van der Waals surface area contributed by atoms with Crippen molar-refractivity contribution in [2.24, 2.45) is 0 Å². The highest BCUT2D eigenvalue weighted by Crippen LogP contribution is 2.10. The molecule has 1 aliphatic heterocycles. The van der Waals surface area contributed by atoms with Gasteiger partial charge in [0.25, 0.3) is 0 Å². The van der Waals surface area contributed by atoms with Crippen molar-refractivity contribution in [2.45, 2.75) is 31.7 Å². The van der Waals surface area contributed by atoms with Crippen molar-refractivity contribution in [1.82, 2.24) is 5.32 Å². The van der Waals surface area contributed by atoms with E-state index in [1.54, 1.807) is 0 Å². The number of hydrogen-bond donors (Lipinski definition) is 1. The summed E-state index contributed by atoms with van der Waals surface area (Å²) in [6.07, 6.45) is 5.09. The predicted octanol–water partition coefficient (Wildman–Crippen LogP) is 2.61. The molecule has 18 heavy (non-hydrogen) atoms. The van der Waals surface area contributed by atoms with Crippen LogP contribution in [0.4, 0.5) is 0 Å². The SMILES string of the molecule is c1ccc(OCCOCC[C@@H]2CCCCN2)cc1. The number of rotatable bonds is 7. The number of benzene rings is 1. The van der Waals surface area contributed by atoms with Gasteiger partial charge in [-0.25, -0.2) is 0 Å². The third kappa shape index (κ3) is 5.07. The third-order valence-electron chi connectivity index (χ3n) is 3.26. The maximum Gasteiger partial charge on any atom is 0.119 e. The second kappa shape index (κ2) is 8.11. The monoisotopic (exact) mass is 249 g/mol. The molecule has 1 saturated heterocycles. The summed E-state index contributed by atoms with van der Waals surface area (Å²) in [5.41, 5.74) is 0. The summed E-state index contributed by atoms with van der Waals surface area (Å²) in [4.78, 5) is 0. The summed E-state index contributed by atoms with van der Waals surface area (Å²) < 4.78 is 11.2. The Morgan fingerprint density at radius 1 is 1.06 bits per heavy atom. The lowest BCUT2D eigenvalue weighted by molar-refractivity contribution is 0.0911. The van der Waals surface area contributed by atoms with Crippen LogP contribution in [0.2, 0.25) is 0 Å². The molecule has 3 heteroatoms. The first-order valence-corrected chi connectivity index (χ1v) is 6.94. The van der Waals surface area contributed by atoms with Gasteiger partial charge in [-0.05, 0) is 37.9 Å². The zero-order valence-electron chi connectivity index (χ0n) is 10.9. The van der Waals surface area contributed by atoms with Gasteiger partial charge < -0.3 is 14.8 Å². The minimum atomic E-state index is 0.627. The van der Waals surface area contributed by atoms with Crippen LogP contribution in [0.5, 0.6) is 5.75 Å². The van der Waals surface area contributed by atoms with E-state index in [1.165, 1.54) is 25.8 Å². The molecule has 1 N–H and O–H groups in total. The average Bonchev–Trinajstić information content (AvgIpc) is 2.45. The van der Waals surface area contributed by atoms with E-state index in [0.29, 0.717) is 19.3 Å². The lowest BCUT2D eigenvalue weighted by atomic mass is 10.0. The normalized spacial score (nSPS) is 19.7. The van der Waals surface area contributed by atoms with E-state index >= 15 is 0 Å². The van der Waals surface area contributed by atoms with Crippen molar-refractivity contribution in [2.75, 3.05) is 26.4 Å². The van der Waals surface area contributed by atoms with Crippen molar-refractivity contribution >= 4 is 0 Å². The van der Waals surface area contributed by atoms with Gasteiger partial charge in [-0.15, -0.1) is 0 Å². The second-order valence-corrected chi connectivity index (χ2v) is 4.71. The van der Waals surface area contributed by atoms with E-state index in [2.05, 4.69) is 5.32 Å². The number of nitrogens with one attached hydrogen (secondary N) is 1. The van der Waals surface area contributed by atoms with Gasteiger partial charge in [-0.1, -0.05) is 24.6 Å². The molecule has 0 amide bonds. The Kier molecular flexibility index (Phi) is 6.03. The maximum absolute atomic E-state index is 5.59. The summed E-state index contributed by atoms with van der Waals surface area (Å²) in [5, 5.41) is 3.52. The van der Waals surface area contributed by atoms with E-state index in [0.717, 1.165) is 18.8 Å². The Hall–Kier alpha value is -1.06. The van der Waals surface area contributed by atoms with E-state index in [9.17, 15) is 0 Å². The molecule has 2 rings (SSSR count). The molecule has 0 saturated carbocycles. The summed E-state index contributed by atoms with van der Waals surface area (Å²) in [6, 6.07) is 10.5. The van der Waals surface area contributed by atoms with Crippen molar-refractivity contribution in [3.63, 3.8) is 0 Å². The van der Waals surface area contributed by atoms with Crippen LogP contribution in [0.3, 0.4) is 0 Å². The van der Waals surface area contributed by atoms with Crippen LogP contribution in [0.25, 0.3) is 0 Å². The van der Waals surface area contributed by atoms with Crippen LogP contribution < -0.4 is 10.1 Å². The van der Waals surface area contributed by atoms with E-state index in [4.69, 9.17) is 9.47 Å². The quantitative estimate of drug-likeness (QED) is 0.754. The molecule has 1 aromatic rings. The molecule has 1 atom stereocenters. The van der Waals surface area contributed by atoms with E-state index < -0.39 is 0 Å². The van der Waals surface area contributed by atoms with Crippen molar-refractivity contribution < 1.29 is 9.47 Å². The Morgan fingerprint density at radius 3 is 2.72 bits per heavy atom. The molecule has 0 bridgehead atoms. The zero-order chi connectivity index (χ0) is 12.5. The molecule has 1 fully saturated rings. The highest BCUT2D eigenvalue weighted by Gasteiger charge is 2.11. The molecule has 1 heterocycles. The molecule has 0 aromatic heterocycles. The molecule has 0 radical (unpaired) electrons. The van der Waals surface area contributed by atoms with Gasteiger partial charge in [-0.3, -0.25) is 0 Å². The van der Waals surface area contributed by atoms with Crippen LogP contribution in [-0.4, -0.2) is 32.4 Å². The fourth-order valence-corrected chi connectivity index (χ4v) is 2.23. The molecule has 0 spiro atoms. The van der Waals surface area contributed by atoms with Crippen molar-refractivity contribution in [3.05, 3.63) is 30.3 Å². The largest absolute Gasteiger partial charge is 0.491 e. The average molecular weight is 249 g/mol. The number of para-hydroxylation sites is 1. The fourth-order valence-electron chi connectivity index (χ4n) is 2.23. The standard InChI is InChI=1S/C15H23NO2/c1-2-7-15(8-3-1)18-13-12-17-11-9-14-6-4-5-10-16-14/h1-3,7-8,14,16H,4-6,9-13H2/t14-/m0/s1. The van der Waals surface area contributed by atoms with Crippen LogP contribution in [0, 0.1) is 0 Å². The first-order valence-electron chi connectivity index (χ1n) is 6.94. The third-order valence-corrected chi connectivity index (χ3v) is 3.26. The smallest absolute Gasteiger partial charge is 0.119 e. The van der Waals surface area contributed by atoms with E-state index in [-0.39, 0.29) is 0 Å². The molecular weight excluding hydrogens is 226 g/mol. The van der Waals surface area contributed by atoms with Gasteiger partial charge >= 0.3 is 0 Å². The predicted molar refractivity (Wildman–Crippen MR) is 73.0 cm³/mol. The van der Waals surface area contributed by atoms with Crippen LogP contribution in [0.1, 0.15) is 25.7 Å². The lowest BCUT2D eigenvalue weighted by Gasteiger charge is -2.23. The highest BCUT2D eigenvalue weighted by molar-refractivity contribution is 5.20. The Labute approximate surface area is 109 Å². The Balaban J connectivity index is 1.46. The van der Waals surface area contributed by atoms with Gasteiger partial charge in [0.15, 0.2) is 0 Å². The summed E-state index contributed by atoms with van der Waals surface area (Å²) in [5.74, 6) is 0.912. The molecule has 1 aromatic carbocycles. The maximum atomic E-state index is 5.59. The minimum Gasteiger partial charge on any atom is -0.491 e. The van der Waals surface area contributed by atoms with Crippen molar-refractivity contribution in [3.8, 4) is 5.75 Å². The van der Waals surface area contributed by atoms with Crippen LogP contribution in [0.15, 0.2) is 30.3 Å². The van der Waals surface area contributed by atoms with Gasteiger partial charge in [0.1, 0.15) is 12.4 Å². The molecule has 1 aliphatic rings. The summed E-state index contributed by atoms with van der Waals surface area (Å²) in [6.45, 7) is 3.29. The first-order chi connectivity index (χ1) is 8.95. The molecule has 0 unspecified atom stereocenters. The van der Waals surface area contributed by atoms with Crippen molar-refractivity contribution in [1.29, 1.82) is 0 Å². The van der Waals surface area contributed by atoms with Gasteiger partial charge in [0, 0.05) is 12.6 Å². The molecule has 3 nitrogen and oxygen atoms in total. The van der Waals surface area contributed by atoms with Gasteiger partial charge in [0.2, 0.25) is 0 Å². The topological polar surface area (TPSA) is 30.5 Å². The Bertz CT molecular complexity index is 310. The molecular formula is C15H23NO2. The summed E-state index contributed by atoms with van der Waals surface area (Å²) >= 11 is 0. The fraction of sp³-hybridized carbons (Fsp3) is 0.600. The highest BCUT2D eigenvalue weighted by atomic mass is 16.5. The van der Waals surface area contributed by atoms with E-state index in [1.807, 2.05) is 30.3 Å². The Morgan fingerprint density at radius 2 is 1.94 bits per heavy atom. The van der Waals surface area contributed by atoms with Crippen LogP contribution >= 0.6 is 0 Å². The minimum absolute atomic E-state index is 0.627.